The Labute approximate surface area is 227 Å². The topological polar surface area (TPSA) is 42.7 Å². The average Bonchev–Trinajstić information content (AvgIpc) is 3.74. The monoisotopic (exact) mass is 509 g/mol. The molecule has 0 aliphatic rings. The number of hydrogen-bond donors (Lipinski definition) is 0. The van der Waals surface area contributed by atoms with E-state index in [4.69, 9.17) is 13.3 Å². The maximum absolute atomic E-state index is 6.04. The number of benzene rings is 2. The molecule has 5 aromatic rings. The van der Waals surface area contributed by atoms with Crippen LogP contribution in [0.25, 0.3) is 34.0 Å². The van der Waals surface area contributed by atoms with E-state index in [0.29, 0.717) is 22.7 Å². The summed E-state index contributed by atoms with van der Waals surface area (Å²) in [5, 5.41) is 0. The Morgan fingerprint density at radius 2 is 1.24 bits per heavy atom. The summed E-state index contributed by atoms with van der Waals surface area (Å²) in [7, 11) is 0. The minimum atomic E-state index is 0.648. The van der Waals surface area contributed by atoms with Crippen molar-refractivity contribution in [2.45, 2.75) is 41.5 Å². The maximum Gasteiger partial charge on any atom is 0.174 e. The molecule has 3 heterocycles. The lowest BCUT2D eigenvalue weighted by molar-refractivity contribution is 0.542. The predicted octanol–water partition coefficient (Wildman–Crippen LogP) is 11.4. The molecule has 0 amide bonds. The SMILES string of the molecule is C=C/C=C(\C=C)N(c1ccccc1)c1ccc(-c2cc3oc(-c4ccco4)cc3o2)cc1.CC.CC.CC. The summed E-state index contributed by atoms with van der Waals surface area (Å²) in [6, 6.07) is 25.8. The van der Waals surface area contributed by atoms with Crippen molar-refractivity contribution in [1.29, 1.82) is 0 Å². The normalized spacial score (nSPS) is 10.2. The van der Waals surface area contributed by atoms with Gasteiger partial charge in [0, 0.05) is 34.8 Å². The Bertz CT molecular complexity index is 1350. The molecule has 4 heteroatoms. The van der Waals surface area contributed by atoms with Gasteiger partial charge in [0.1, 0.15) is 5.76 Å². The highest BCUT2D eigenvalue weighted by atomic mass is 16.4. The largest absolute Gasteiger partial charge is 0.461 e. The summed E-state index contributed by atoms with van der Waals surface area (Å²) in [6.45, 7) is 19.8. The number of fused-ring (bicyclic) bond motifs is 1. The van der Waals surface area contributed by atoms with Crippen LogP contribution in [0.2, 0.25) is 0 Å². The van der Waals surface area contributed by atoms with Gasteiger partial charge in [0.15, 0.2) is 22.7 Å². The molecule has 2 aromatic carbocycles. The maximum atomic E-state index is 6.04. The van der Waals surface area contributed by atoms with Crippen molar-refractivity contribution in [3.63, 3.8) is 0 Å². The Morgan fingerprint density at radius 1 is 0.658 bits per heavy atom. The van der Waals surface area contributed by atoms with Gasteiger partial charge < -0.3 is 18.2 Å². The standard InChI is InChI=1S/C28H21NO3.3C2H6/c1-3-9-21(4-2)29(22-10-6-5-7-11-22)23-15-13-20(14-16-23)25-18-27-28(31-25)19-26(32-27)24-12-8-17-30-24;3*1-2/h3-19H,1-2H2;3*1-2H3/b21-9+;;;. The van der Waals surface area contributed by atoms with Gasteiger partial charge in [-0.3, -0.25) is 0 Å². The van der Waals surface area contributed by atoms with Crippen molar-refractivity contribution in [1.82, 2.24) is 0 Å². The molecule has 0 radical (unpaired) electrons. The van der Waals surface area contributed by atoms with Crippen LogP contribution in [0.5, 0.6) is 0 Å². The lowest BCUT2D eigenvalue weighted by atomic mass is 10.1. The van der Waals surface area contributed by atoms with Crippen LogP contribution in [0.4, 0.5) is 11.4 Å². The zero-order chi connectivity index (χ0) is 27.9. The van der Waals surface area contributed by atoms with Crippen LogP contribution >= 0.6 is 0 Å². The van der Waals surface area contributed by atoms with Crippen LogP contribution in [0.3, 0.4) is 0 Å². The first-order valence-corrected chi connectivity index (χ1v) is 13.2. The molecule has 0 atom stereocenters. The first-order chi connectivity index (χ1) is 18.8. The van der Waals surface area contributed by atoms with Gasteiger partial charge in [-0.15, -0.1) is 0 Å². The van der Waals surface area contributed by atoms with Gasteiger partial charge in [0.25, 0.3) is 0 Å². The van der Waals surface area contributed by atoms with Crippen LogP contribution in [0, 0.1) is 0 Å². The van der Waals surface area contributed by atoms with Gasteiger partial charge >= 0.3 is 0 Å². The molecule has 0 aliphatic carbocycles. The van der Waals surface area contributed by atoms with Crippen molar-refractivity contribution in [2.24, 2.45) is 0 Å². The van der Waals surface area contributed by atoms with E-state index in [1.54, 1.807) is 12.3 Å². The highest BCUT2D eigenvalue weighted by Gasteiger charge is 2.16. The molecule has 3 aromatic heterocycles. The van der Waals surface area contributed by atoms with Crippen molar-refractivity contribution in [2.75, 3.05) is 4.90 Å². The Hall–Kier alpha value is -4.44. The van der Waals surface area contributed by atoms with Gasteiger partial charge in [-0.25, -0.2) is 0 Å². The Morgan fingerprint density at radius 3 is 1.79 bits per heavy atom. The molecule has 0 spiro atoms. The third kappa shape index (κ3) is 6.86. The van der Waals surface area contributed by atoms with Crippen molar-refractivity contribution in [3.05, 3.63) is 122 Å². The van der Waals surface area contributed by atoms with Crippen molar-refractivity contribution >= 4 is 22.5 Å². The Kier molecular flexibility index (Phi) is 12.2. The van der Waals surface area contributed by atoms with E-state index in [0.717, 1.165) is 28.4 Å². The van der Waals surface area contributed by atoms with Crippen molar-refractivity contribution in [3.8, 4) is 22.8 Å². The van der Waals surface area contributed by atoms with E-state index in [1.165, 1.54) is 0 Å². The van der Waals surface area contributed by atoms with Gasteiger partial charge in [-0.1, -0.05) is 79.0 Å². The number of anilines is 2. The fourth-order valence-electron chi connectivity index (χ4n) is 3.67. The van der Waals surface area contributed by atoms with Crippen LogP contribution in [-0.2, 0) is 0 Å². The fourth-order valence-corrected chi connectivity index (χ4v) is 3.67. The highest BCUT2D eigenvalue weighted by Crippen LogP contribution is 2.36. The predicted molar refractivity (Wildman–Crippen MR) is 163 cm³/mol. The summed E-state index contributed by atoms with van der Waals surface area (Å²) < 4.78 is 17.3. The van der Waals surface area contributed by atoms with Gasteiger partial charge in [-0.05, 0) is 60.7 Å². The number of furan rings is 3. The first-order valence-electron chi connectivity index (χ1n) is 13.2. The number of rotatable bonds is 7. The summed E-state index contributed by atoms with van der Waals surface area (Å²) in [6.07, 6.45) is 7.13. The molecule has 0 saturated carbocycles. The molecule has 0 bridgehead atoms. The first kappa shape index (κ1) is 29.8. The molecule has 0 aliphatic heterocycles. The van der Waals surface area contributed by atoms with Gasteiger partial charge in [0.05, 0.1) is 6.26 Å². The van der Waals surface area contributed by atoms with E-state index in [9.17, 15) is 0 Å². The molecule has 38 heavy (non-hydrogen) atoms. The van der Waals surface area contributed by atoms with E-state index < -0.39 is 0 Å². The van der Waals surface area contributed by atoms with E-state index in [1.807, 2.05) is 108 Å². The van der Waals surface area contributed by atoms with Crippen LogP contribution < -0.4 is 4.90 Å². The fraction of sp³-hybridized carbons (Fsp3) is 0.176. The number of allylic oxidation sites excluding steroid dienone is 3. The second-order valence-electron chi connectivity index (χ2n) is 7.18. The Balaban J connectivity index is 0.000000791. The number of para-hydroxylation sites is 1. The number of nitrogens with zero attached hydrogens (tertiary/aromatic N) is 1. The highest BCUT2D eigenvalue weighted by molar-refractivity contribution is 5.82. The third-order valence-corrected chi connectivity index (χ3v) is 5.15. The molecule has 0 unspecified atom stereocenters. The second-order valence-corrected chi connectivity index (χ2v) is 7.18. The molecular weight excluding hydrogens is 470 g/mol. The van der Waals surface area contributed by atoms with Crippen LogP contribution in [0.15, 0.2) is 135 Å². The quantitative estimate of drug-likeness (QED) is 0.205. The lowest BCUT2D eigenvalue weighted by Crippen LogP contribution is -2.14. The zero-order valence-corrected chi connectivity index (χ0v) is 23.4. The average molecular weight is 510 g/mol. The van der Waals surface area contributed by atoms with Crippen LogP contribution in [-0.4, -0.2) is 0 Å². The molecule has 198 valence electrons. The summed E-state index contributed by atoms with van der Waals surface area (Å²) >= 11 is 0. The molecule has 0 saturated heterocycles. The van der Waals surface area contributed by atoms with E-state index in [2.05, 4.69) is 42.3 Å². The summed E-state index contributed by atoms with van der Waals surface area (Å²) in [5.41, 5.74) is 5.30. The molecular formula is C34H39NO3. The lowest BCUT2D eigenvalue weighted by Gasteiger charge is -2.26. The second kappa shape index (κ2) is 15.6. The minimum absolute atomic E-state index is 0.648. The minimum Gasteiger partial charge on any atom is -0.461 e. The van der Waals surface area contributed by atoms with Crippen molar-refractivity contribution < 1.29 is 13.3 Å². The smallest absolute Gasteiger partial charge is 0.174 e. The molecule has 4 nitrogen and oxygen atoms in total. The molecule has 5 rings (SSSR count). The number of hydrogen-bond acceptors (Lipinski definition) is 4. The molecule has 0 fully saturated rings. The summed E-state index contributed by atoms with van der Waals surface area (Å²) in [5.74, 6) is 2.07. The third-order valence-electron chi connectivity index (χ3n) is 5.15. The van der Waals surface area contributed by atoms with Gasteiger partial charge in [-0.2, -0.15) is 0 Å². The summed E-state index contributed by atoms with van der Waals surface area (Å²) in [4.78, 5) is 2.13. The molecule has 0 N–H and O–H groups in total. The van der Waals surface area contributed by atoms with E-state index in [-0.39, 0.29) is 0 Å². The van der Waals surface area contributed by atoms with Gasteiger partial charge in [0.2, 0.25) is 0 Å². The van der Waals surface area contributed by atoms with Crippen LogP contribution in [0.1, 0.15) is 41.5 Å². The van der Waals surface area contributed by atoms with E-state index >= 15 is 0 Å². The zero-order valence-electron chi connectivity index (χ0n) is 23.4.